The molecule has 3 aromatic rings. The quantitative estimate of drug-likeness (QED) is 0.738. The van der Waals surface area contributed by atoms with Crippen LogP contribution in [0.1, 0.15) is 0 Å². The molecule has 2 N–H and O–H groups in total. The van der Waals surface area contributed by atoms with Crippen LogP contribution in [0.15, 0.2) is 34.4 Å². The van der Waals surface area contributed by atoms with Crippen molar-refractivity contribution in [3.8, 4) is 27.9 Å². The number of anilines is 1. The summed E-state index contributed by atoms with van der Waals surface area (Å²) < 4.78 is 10.3. The maximum Gasteiger partial charge on any atom is 0.258 e. The lowest BCUT2D eigenvalue weighted by molar-refractivity contribution is 0.416. The van der Waals surface area contributed by atoms with E-state index in [4.69, 9.17) is 15.0 Å². The Kier molecular flexibility index (Phi) is 2.88. The summed E-state index contributed by atoms with van der Waals surface area (Å²) in [5, 5.41) is 3.92. The second kappa shape index (κ2) is 4.69. The van der Waals surface area contributed by atoms with Crippen molar-refractivity contribution in [2.24, 2.45) is 0 Å². The normalized spacial score (nSPS) is 10.6. The van der Waals surface area contributed by atoms with Gasteiger partial charge in [-0.25, -0.2) is 0 Å². The number of rotatable bonds is 3. The number of thiazole rings is 1. The van der Waals surface area contributed by atoms with Crippen LogP contribution in [0.25, 0.3) is 22.2 Å². The van der Waals surface area contributed by atoms with Crippen molar-refractivity contribution in [1.29, 1.82) is 0 Å². The van der Waals surface area contributed by atoms with Crippen molar-refractivity contribution in [1.82, 2.24) is 15.1 Å². The monoisotopic (exact) mass is 274 g/mol. The highest BCUT2D eigenvalue weighted by molar-refractivity contribution is 7.13. The lowest BCUT2D eigenvalue weighted by atomic mass is 10.2. The standard InChI is InChI=1S/C12H10N4O2S/c1-17-9-3-2-7(4-8(9)13)12-15-11(16-18-12)10-5-14-6-19-10/h2-6H,13H2,1H3. The minimum atomic E-state index is 0.415. The van der Waals surface area contributed by atoms with Crippen LogP contribution in [0.3, 0.4) is 0 Å². The van der Waals surface area contributed by atoms with E-state index in [9.17, 15) is 0 Å². The van der Waals surface area contributed by atoms with Crippen molar-refractivity contribution in [2.45, 2.75) is 0 Å². The largest absolute Gasteiger partial charge is 0.495 e. The highest BCUT2D eigenvalue weighted by Gasteiger charge is 2.12. The van der Waals surface area contributed by atoms with Crippen LogP contribution in [-0.2, 0) is 0 Å². The van der Waals surface area contributed by atoms with Gasteiger partial charge < -0.3 is 15.0 Å². The molecule has 3 rings (SSSR count). The molecule has 0 atom stereocenters. The third-order valence-corrected chi connectivity index (χ3v) is 3.32. The summed E-state index contributed by atoms with van der Waals surface area (Å²) in [6.07, 6.45) is 1.70. The number of benzene rings is 1. The second-order valence-electron chi connectivity index (χ2n) is 3.75. The van der Waals surface area contributed by atoms with Gasteiger partial charge in [-0.15, -0.1) is 11.3 Å². The summed E-state index contributed by atoms with van der Waals surface area (Å²) in [4.78, 5) is 9.15. The first kappa shape index (κ1) is 11.7. The molecule has 1 aromatic carbocycles. The van der Waals surface area contributed by atoms with Crippen LogP contribution < -0.4 is 10.5 Å². The molecule has 96 valence electrons. The first-order valence-electron chi connectivity index (χ1n) is 5.44. The molecule has 7 heteroatoms. The average molecular weight is 274 g/mol. The van der Waals surface area contributed by atoms with Crippen LogP contribution in [0.4, 0.5) is 5.69 Å². The van der Waals surface area contributed by atoms with Crippen molar-refractivity contribution < 1.29 is 9.26 Å². The van der Waals surface area contributed by atoms with Gasteiger partial charge in [0.05, 0.1) is 23.2 Å². The van der Waals surface area contributed by atoms with Gasteiger partial charge in [-0.1, -0.05) is 5.16 Å². The van der Waals surface area contributed by atoms with E-state index in [0.717, 1.165) is 10.4 Å². The summed E-state index contributed by atoms with van der Waals surface area (Å²) in [7, 11) is 1.57. The maximum absolute atomic E-state index is 5.85. The van der Waals surface area contributed by atoms with Crippen LogP contribution in [0.2, 0.25) is 0 Å². The van der Waals surface area contributed by atoms with Gasteiger partial charge >= 0.3 is 0 Å². The SMILES string of the molecule is COc1ccc(-c2nc(-c3cncs3)no2)cc1N. The number of ether oxygens (including phenoxy) is 1. The smallest absolute Gasteiger partial charge is 0.258 e. The molecule has 0 aliphatic carbocycles. The van der Waals surface area contributed by atoms with Gasteiger partial charge in [0.25, 0.3) is 5.89 Å². The Bertz CT molecular complexity index is 694. The van der Waals surface area contributed by atoms with E-state index >= 15 is 0 Å². The second-order valence-corrected chi connectivity index (χ2v) is 4.63. The first-order chi connectivity index (χ1) is 9.28. The summed E-state index contributed by atoms with van der Waals surface area (Å²) in [6.45, 7) is 0. The lowest BCUT2D eigenvalue weighted by Gasteiger charge is -2.04. The van der Waals surface area contributed by atoms with E-state index in [1.165, 1.54) is 11.3 Å². The maximum atomic E-state index is 5.85. The van der Waals surface area contributed by atoms with E-state index in [1.807, 2.05) is 6.07 Å². The molecule has 0 saturated carbocycles. The van der Waals surface area contributed by atoms with E-state index in [2.05, 4.69) is 15.1 Å². The van der Waals surface area contributed by atoms with Crippen molar-refractivity contribution in [3.05, 3.63) is 29.9 Å². The third kappa shape index (κ3) is 2.15. The molecular weight excluding hydrogens is 264 g/mol. The van der Waals surface area contributed by atoms with Crippen LogP contribution in [-0.4, -0.2) is 22.2 Å². The van der Waals surface area contributed by atoms with Crippen LogP contribution in [0.5, 0.6) is 5.75 Å². The summed E-state index contributed by atoms with van der Waals surface area (Å²) in [5.41, 5.74) is 8.84. The zero-order chi connectivity index (χ0) is 13.2. The Morgan fingerprint density at radius 1 is 1.37 bits per heavy atom. The molecule has 0 saturated heterocycles. The zero-order valence-electron chi connectivity index (χ0n) is 10.0. The summed E-state index contributed by atoms with van der Waals surface area (Å²) in [5.74, 6) is 1.55. The Morgan fingerprint density at radius 2 is 2.26 bits per heavy atom. The van der Waals surface area contributed by atoms with Crippen molar-refractivity contribution in [3.63, 3.8) is 0 Å². The Labute approximate surface area is 112 Å². The van der Waals surface area contributed by atoms with Gasteiger partial charge in [0.15, 0.2) is 0 Å². The highest BCUT2D eigenvalue weighted by Crippen LogP contribution is 2.29. The average Bonchev–Trinajstić information content (AvgIpc) is 3.09. The Hall–Kier alpha value is -2.41. The molecule has 2 heterocycles. The van der Waals surface area contributed by atoms with Gasteiger partial charge in [0, 0.05) is 11.8 Å². The fraction of sp³-hybridized carbons (Fsp3) is 0.0833. The van der Waals surface area contributed by atoms with Crippen molar-refractivity contribution in [2.75, 3.05) is 12.8 Å². The Morgan fingerprint density at radius 3 is 2.95 bits per heavy atom. The molecule has 2 aromatic heterocycles. The number of hydrogen-bond acceptors (Lipinski definition) is 7. The van der Waals surface area contributed by atoms with E-state index in [1.54, 1.807) is 30.9 Å². The third-order valence-electron chi connectivity index (χ3n) is 2.56. The number of hydrogen-bond donors (Lipinski definition) is 1. The van der Waals surface area contributed by atoms with Gasteiger partial charge in [-0.2, -0.15) is 4.98 Å². The Balaban J connectivity index is 1.97. The molecule has 0 aliphatic heterocycles. The molecule has 19 heavy (non-hydrogen) atoms. The van der Waals surface area contributed by atoms with Crippen LogP contribution in [0, 0.1) is 0 Å². The summed E-state index contributed by atoms with van der Waals surface area (Å²) in [6, 6.07) is 5.32. The first-order valence-corrected chi connectivity index (χ1v) is 6.32. The molecule has 0 aliphatic rings. The topological polar surface area (TPSA) is 87.1 Å². The van der Waals surface area contributed by atoms with E-state index in [0.29, 0.717) is 23.2 Å². The number of aromatic nitrogens is 3. The van der Waals surface area contributed by atoms with E-state index in [-0.39, 0.29) is 0 Å². The predicted octanol–water partition coefficient (Wildman–Crippen LogP) is 2.45. The van der Waals surface area contributed by atoms with E-state index < -0.39 is 0 Å². The number of nitrogens with zero attached hydrogens (tertiary/aromatic N) is 3. The van der Waals surface area contributed by atoms with Gasteiger partial charge in [0.1, 0.15) is 5.75 Å². The predicted molar refractivity (Wildman–Crippen MR) is 71.8 cm³/mol. The highest BCUT2D eigenvalue weighted by atomic mass is 32.1. The number of nitrogen functional groups attached to an aromatic ring is 1. The van der Waals surface area contributed by atoms with Gasteiger partial charge in [0.2, 0.25) is 5.82 Å². The molecule has 0 unspecified atom stereocenters. The minimum absolute atomic E-state index is 0.415. The molecule has 6 nitrogen and oxygen atoms in total. The molecule has 0 bridgehead atoms. The fourth-order valence-corrected chi connectivity index (χ4v) is 2.18. The summed E-state index contributed by atoms with van der Waals surface area (Å²) >= 11 is 1.45. The zero-order valence-corrected chi connectivity index (χ0v) is 10.8. The van der Waals surface area contributed by atoms with Gasteiger partial charge in [-0.05, 0) is 18.2 Å². The fourth-order valence-electron chi connectivity index (χ4n) is 1.63. The minimum Gasteiger partial charge on any atom is -0.495 e. The number of nitrogens with two attached hydrogens (primary N) is 1. The molecule has 0 spiro atoms. The van der Waals surface area contributed by atoms with Gasteiger partial charge in [-0.3, -0.25) is 4.98 Å². The van der Waals surface area contributed by atoms with Crippen LogP contribution >= 0.6 is 11.3 Å². The number of methoxy groups -OCH3 is 1. The molecule has 0 radical (unpaired) electrons. The lowest BCUT2D eigenvalue weighted by Crippen LogP contribution is -1.92. The van der Waals surface area contributed by atoms with Crippen molar-refractivity contribution >= 4 is 17.0 Å². The molecule has 0 fully saturated rings. The molecular formula is C12H10N4O2S. The molecule has 0 amide bonds.